The molecule has 5 rings (SSSR count). The summed E-state index contributed by atoms with van der Waals surface area (Å²) in [5.74, 6) is 0.0817. The van der Waals surface area contributed by atoms with Crippen molar-refractivity contribution in [3.05, 3.63) is 54.0 Å². The van der Waals surface area contributed by atoms with Crippen LogP contribution in [-0.2, 0) is 4.74 Å². The number of nitrogens with one attached hydrogen (secondary N) is 1. The largest absolute Gasteiger partial charge is 0.480 e. The molecule has 0 fully saturated rings. The van der Waals surface area contributed by atoms with E-state index in [-0.39, 0.29) is 5.88 Å². The molecule has 1 N–H and O–H groups in total. The summed E-state index contributed by atoms with van der Waals surface area (Å²) >= 11 is 1.28. The zero-order valence-corrected chi connectivity index (χ0v) is 22.5. The lowest BCUT2D eigenvalue weighted by atomic mass is 10.1. The van der Waals surface area contributed by atoms with Crippen molar-refractivity contribution in [3.63, 3.8) is 0 Å². The number of carbonyl (C=O) groups is 1. The minimum absolute atomic E-state index is 0.216. The minimum atomic E-state index is -0.723. The van der Waals surface area contributed by atoms with E-state index in [9.17, 15) is 9.18 Å². The molecule has 0 radical (unpaired) electrons. The van der Waals surface area contributed by atoms with Crippen LogP contribution >= 0.6 is 11.3 Å². The molecule has 1 amide bonds. The molecule has 13 heteroatoms. The smallest absolute Gasteiger partial charge is 0.412 e. The van der Waals surface area contributed by atoms with E-state index < -0.39 is 24.1 Å². The minimum Gasteiger partial charge on any atom is -0.480 e. The number of nitrogens with zero attached hydrogens (tertiary/aromatic N) is 6. The Morgan fingerprint density at radius 1 is 0.974 bits per heavy atom. The summed E-state index contributed by atoms with van der Waals surface area (Å²) in [6, 6.07) is 5.13. The highest BCUT2D eigenvalue weighted by Crippen LogP contribution is 2.35. The standard InChI is InChI=1S/C26H24FN7O4S/c1-12-6-17(22-19(7-12)32-21(36-5)11-30-22)24-33-20-8-18(27)23(34-25(20)39-24)37-13(2)14(3)38-26(35)31-16-9-28-15(4)29-10-16/h6-11,13-14H,1-5H3,(H,31,35)/t13-,14+/m0/s1. The molecule has 0 unspecified atom stereocenters. The van der Waals surface area contributed by atoms with E-state index in [4.69, 9.17) is 14.2 Å². The lowest BCUT2D eigenvalue weighted by Crippen LogP contribution is -2.33. The second-order valence-corrected chi connectivity index (χ2v) is 9.77. The van der Waals surface area contributed by atoms with Gasteiger partial charge >= 0.3 is 6.09 Å². The summed E-state index contributed by atoms with van der Waals surface area (Å²) in [4.78, 5) is 38.7. The van der Waals surface area contributed by atoms with Crippen molar-refractivity contribution in [2.24, 2.45) is 0 Å². The van der Waals surface area contributed by atoms with Gasteiger partial charge in [-0.1, -0.05) is 11.3 Å². The quantitative estimate of drug-likeness (QED) is 0.286. The number of amides is 1. The van der Waals surface area contributed by atoms with Crippen molar-refractivity contribution < 1.29 is 23.4 Å². The second-order valence-electron chi connectivity index (χ2n) is 8.79. The number of hydrogen-bond acceptors (Lipinski definition) is 11. The van der Waals surface area contributed by atoms with Crippen molar-refractivity contribution in [1.29, 1.82) is 0 Å². The van der Waals surface area contributed by atoms with Crippen molar-refractivity contribution in [2.75, 3.05) is 12.4 Å². The molecule has 0 aliphatic heterocycles. The molecular weight excluding hydrogens is 525 g/mol. The molecule has 4 heterocycles. The van der Waals surface area contributed by atoms with E-state index in [0.29, 0.717) is 43.8 Å². The van der Waals surface area contributed by atoms with Crippen LogP contribution in [0.1, 0.15) is 25.2 Å². The number of thiazole rings is 1. The molecule has 11 nitrogen and oxygen atoms in total. The first-order chi connectivity index (χ1) is 18.7. The maximum Gasteiger partial charge on any atom is 0.412 e. The van der Waals surface area contributed by atoms with Gasteiger partial charge in [-0.05, 0) is 45.4 Å². The van der Waals surface area contributed by atoms with Crippen LogP contribution in [0.5, 0.6) is 11.8 Å². The van der Waals surface area contributed by atoms with Gasteiger partial charge in [0.1, 0.15) is 33.4 Å². The number of anilines is 1. The number of aromatic nitrogens is 6. The summed E-state index contributed by atoms with van der Waals surface area (Å²) in [6.07, 6.45) is 2.33. The topological polar surface area (TPSA) is 134 Å². The molecule has 5 aromatic rings. The Balaban J connectivity index is 1.34. The molecule has 2 atom stereocenters. The van der Waals surface area contributed by atoms with Crippen molar-refractivity contribution in [1.82, 2.24) is 29.9 Å². The Morgan fingerprint density at radius 2 is 1.74 bits per heavy atom. The van der Waals surface area contributed by atoms with E-state index >= 15 is 0 Å². The molecule has 0 aliphatic rings. The van der Waals surface area contributed by atoms with Crippen LogP contribution in [0, 0.1) is 19.7 Å². The third-order valence-electron chi connectivity index (χ3n) is 5.79. The van der Waals surface area contributed by atoms with E-state index in [2.05, 4.69) is 35.2 Å². The fraction of sp³-hybridized carbons (Fsp3) is 0.269. The number of fused-ring (bicyclic) bond motifs is 2. The Bertz CT molecular complexity index is 1680. The highest BCUT2D eigenvalue weighted by atomic mass is 32.1. The van der Waals surface area contributed by atoms with Gasteiger partial charge in [-0.15, -0.1) is 0 Å². The van der Waals surface area contributed by atoms with Crippen molar-refractivity contribution >= 4 is 44.5 Å². The monoisotopic (exact) mass is 549 g/mol. The molecule has 0 aliphatic carbocycles. The average molecular weight is 550 g/mol. The van der Waals surface area contributed by atoms with E-state index in [1.165, 1.54) is 43.1 Å². The number of halogens is 1. The van der Waals surface area contributed by atoms with Crippen LogP contribution < -0.4 is 14.8 Å². The Morgan fingerprint density at radius 3 is 2.49 bits per heavy atom. The number of benzene rings is 1. The Labute approximate surface area is 226 Å². The summed E-state index contributed by atoms with van der Waals surface area (Å²) in [5, 5.41) is 3.16. The van der Waals surface area contributed by atoms with Crippen LogP contribution in [0.3, 0.4) is 0 Å². The van der Waals surface area contributed by atoms with Crippen LogP contribution in [-0.4, -0.2) is 55.3 Å². The normalized spacial score (nSPS) is 12.8. The van der Waals surface area contributed by atoms with Crippen LogP contribution in [0.2, 0.25) is 0 Å². The SMILES string of the molecule is COc1cnc2c(-c3nc4cc(F)c(O[C@@H](C)[C@@H](C)OC(=O)Nc5cnc(C)nc5)nc4s3)cc(C)cc2n1. The molecule has 0 bridgehead atoms. The number of hydrogen-bond donors (Lipinski definition) is 1. The van der Waals surface area contributed by atoms with E-state index in [1.807, 2.05) is 19.1 Å². The van der Waals surface area contributed by atoms with Gasteiger partial charge in [0.05, 0.1) is 42.4 Å². The lowest BCUT2D eigenvalue weighted by molar-refractivity contribution is 0.0379. The first-order valence-electron chi connectivity index (χ1n) is 11.9. The van der Waals surface area contributed by atoms with Crippen molar-refractivity contribution in [2.45, 2.75) is 39.9 Å². The second kappa shape index (κ2) is 10.7. The number of methoxy groups -OCH3 is 1. The first-order valence-corrected chi connectivity index (χ1v) is 12.7. The number of pyridine rings is 1. The van der Waals surface area contributed by atoms with Crippen LogP contribution in [0.25, 0.3) is 32.0 Å². The van der Waals surface area contributed by atoms with Gasteiger partial charge in [0.25, 0.3) is 5.88 Å². The summed E-state index contributed by atoms with van der Waals surface area (Å²) in [5.41, 5.74) is 3.79. The maximum absolute atomic E-state index is 14.9. The predicted molar refractivity (Wildman–Crippen MR) is 144 cm³/mol. The Hall–Kier alpha value is -4.52. The van der Waals surface area contributed by atoms with Gasteiger partial charge in [0, 0.05) is 11.6 Å². The van der Waals surface area contributed by atoms with Crippen LogP contribution in [0.4, 0.5) is 14.9 Å². The molecular formula is C26H24FN7O4S. The van der Waals surface area contributed by atoms with Gasteiger partial charge in [0.15, 0.2) is 5.82 Å². The molecule has 0 saturated carbocycles. The molecule has 0 saturated heterocycles. The molecule has 4 aromatic heterocycles. The zero-order valence-electron chi connectivity index (χ0n) is 21.7. The van der Waals surface area contributed by atoms with Gasteiger partial charge in [0.2, 0.25) is 5.88 Å². The zero-order chi connectivity index (χ0) is 27.7. The van der Waals surface area contributed by atoms with Gasteiger partial charge < -0.3 is 14.2 Å². The van der Waals surface area contributed by atoms with E-state index in [1.54, 1.807) is 20.8 Å². The highest BCUT2D eigenvalue weighted by molar-refractivity contribution is 7.21. The van der Waals surface area contributed by atoms with Gasteiger partial charge in [-0.2, -0.15) is 4.98 Å². The van der Waals surface area contributed by atoms with Crippen molar-refractivity contribution in [3.8, 4) is 22.3 Å². The number of rotatable bonds is 7. The number of ether oxygens (including phenoxy) is 3. The highest BCUT2D eigenvalue weighted by Gasteiger charge is 2.22. The lowest BCUT2D eigenvalue weighted by Gasteiger charge is -2.21. The predicted octanol–water partition coefficient (Wildman–Crippen LogP) is 5.26. The summed E-state index contributed by atoms with van der Waals surface area (Å²) < 4.78 is 31.2. The molecule has 200 valence electrons. The maximum atomic E-state index is 14.9. The summed E-state index contributed by atoms with van der Waals surface area (Å²) in [6.45, 7) is 6.97. The third kappa shape index (κ3) is 5.67. The fourth-order valence-corrected chi connectivity index (χ4v) is 4.60. The van der Waals surface area contributed by atoms with E-state index in [0.717, 1.165) is 11.1 Å². The molecule has 39 heavy (non-hydrogen) atoms. The Kier molecular flexibility index (Phi) is 7.15. The molecule has 0 spiro atoms. The van der Waals surface area contributed by atoms with Crippen LogP contribution in [0.15, 0.2) is 36.8 Å². The summed E-state index contributed by atoms with van der Waals surface area (Å²) in [7, 11) is 1.53. The number of carbonyl (C=O) groups excluding carboxylic acids is 1. The van der Waals surface area contributed by atoms with Gasteiger partial charge in [-0.25, -0.2) is 34.1 Å². The molecule has 1 aromatic carbocycles. The first kappa shape index (κ1) is 26.1. The third-order valence-corrected chi connectivity index (χ3v) is 6.79. The van der Waals surface area contributed by atoms with Gasteiger partial charge in [-0.3, -0.25) is 5.32 Å². The number of aryl methyl sites for hydroxylation is 2. The fourth-order valence-electron chi connectivity index (χ4n) is 3.67. The average Bonchev–Trinajstić information content (AvgIpc) is 3.31.